The molecule has 2 aromatic rings. The maximum absolute atomic E-state index is 12.5. The quantitative estimate of drug-likeness (QED) is 0.624. The van der Waals surface area contributed by atoms with Gasteiger partial charge in [-0.1, -0.05) is 47.5 Å². The zero-order valence-corrected chi connectivity index (χ0v) is 19.3. The molecule has 0 atom stereocenters. The Morgan fingerprint density at radius 2 is 1.90 bits per heavy atom. The van der Waals surface area contributed by atoms with Gasteiger partial charge in [-0.3, -0.25) is 13.9 Å². The standard InChI is InChI=1S/C21H23Cl2N3O4S/c1-31(29,30)26(19-8-7-17(22)11-18(19)23)14-20(27)24-12-15-4-2-5-16(10-15)13-25-9-3-6-21(25)28/h2,4-5,7-8,10-11H,3,6,9,12-14H2,1H3,(H,24,27). The monoisotopic (exact) mass is 483 g/mol. The summed E-state index contributed by atoms with van der Waals surface area (Å²) in [6, 6.07) is 12.0. The molecule has 0 radical (unpaired) electrons. The molecule has 0 aliphatic carbocycles. The lowest BCUT2D eigenvalue weighted by Gasteiger charge is -2.23. The van der Waals surface area contributed by atoms with Gasteiger partial charge in [-0.2, -0.15) is 0 Å². The minimum absolute atomic E-state index is 0.134. The van der Waals surface area contributed by atoms with E-state index in [0.29, 0.717) is 18.0 Å². The van der Waals surface area contributed by atoms with Crippen molar-refractivity contribution in [3.05, 3.63) is 63.6 Å². The van der Waals surface area contributed by atoms with Gasteiger partial charge in [0.25, 0.3) is 0 Å². The Labute approximate surface area is 192 Å². The van der Waals surface area contributed by atoms with Gasteiger partial charge in [-0.15, -0.1) is 0 Å². The fraction of sp³-hybridized carbons (Fsp3) is 0.333. The molecule has 0 spiro atoms. The first-order valence-corrected chi connectivity index (χ1v) is 12.3. The molecule has 0 saturated carbocycles. The van der Waals surface area contributed by atoms with Crippen LogP contribution in [0.5, 0.6) is 0 Å². The number of amides is 2. The third kappa shape index (κ3) is 6.35. The smallest absolute Gasteiger partial charge is 0.241 e. The Hall–Kier alpha value is -2.29. The van der Waals surface area contributed by atoms with Gasteiger partial charge in [0, 0.05) is 31.1 Å². The SMILES string of the molecule is CS(=O)(=O)N(CC(=O)NCc1cccc(CN2CCCC2=O)c1)c1ccc(Cl)cc1Cl. The van der Waals surface area contributed by atoms with E-state index in [9.17, 15) is 18.0 Å². The van der Waals surface area contributed by atoms with Crippen LogP contribution in [0.1, 0.15) is 24.0 Å². The van der Waals surface area contributed by atoms with Crippen molar-refractivity contribution < 1.29 is 18.0 Å². The number of halogens is 2. The molecule has 1 fully saturated rings. The Kier molecular flexibility index (Phi) is 7.46. The number of hydrogen-bond acceptors (Lipinski definition) is 4. The van der Waals surface area contributed by atoms with Gasteiger partial charge >= 0.3 is 0 Å². The van der Waals surface area contributed by atoms with E-state index in [2.05, 4.69) is 5.32 Å². The molecule has 1 aliphatic rings. The predicted octanol–water partition coefficient (Wildman–Crippen LogP) is 3.20. The average molecular weight is 484 g/mol. The summed E-state index contributed by atoms with van der Waals surface area (Å²) in [6.45, 7) is 1.11. The number of benzene rings is 2. The molecule has 1 heterocycles. The fourth-order valence-corrected chi connectivity index (χ4v) is 4.81. The topological polar surface area (TPSA) is 86.8 Å². The highest BCUT2D eigenvalue weighted by Gasteiger charge is 2.23. The highest BCUT2D eigenvalue weighted by atomic mass is 35.5. The molecule has 7 nitrogen and oxygen atoms in total. The lowest BCUT2D eigenvalue weighted by molar-refractivity contribution is -0.128. The number of likely N-dealkylation sites (tertiary alicyclic amines) is 1. The molecule has 166 valence electrons. The van der Waals surface area contributed by atoms with Gasteiger partial charge in [-0.25, -0.2) is 8.42 Å². The Balaban J connectivity index is 1.64. The molecule has 3 rings (SSSR count). The molecule has 2 amide bonds. The number of anilines is 1. The second kappa shape index (κ2) is 9.89. The molecule has 10 heteroatoms. The summed E-state index contributed by atoms with van der Waals surface area (Å²) in [5.74, 6) is -0.322. The van der Waals surface area contributed by atoms with Gasteiger partial charge in [0.05, 0.1) is 17.0 Å². The molecule has 0 bridgehead atoms. The van der Waals surface area contributed by atoms with E-state index in [1.54, 1.807) is 0 Å². The second-order valence-electron chi connectivity index (χ2n) is 7.38. The normalized spacial score (nSPS) is 14.0. The fourth-order valence-electron chi connectivity index (χ4n) is 3.38. The Morgan fingerprint density at radius 1 is 1.16 bits per heavy atom. The van der Waals surface area contributed by atoms with Gasteiger partial charge in [0.2, 0.25) is 21.8 Å². The molecule has 31 heavy (non-hydrogen) atoms. The first kappa shape index (κ1) is 23.4. The van der Waals surface area contributed by atoms with Crippen molar-refractivity contribution >= 4 is 50.7 Å². The van der Waals surface area contributed by atoms with Crippen molar-refractivity contribution in [1.82, 2.24) is 10.2 Å². The first-order valence-electron chi connectivity index (χ1n) is 9.68. The van der Waals surface area contributed by atoms with Crippen LogP contribution in [0.2, 0.25) is 10.0 Å². The minimum atomic E-state index is -3.75. The third-order valence-corrected chi connectivity index (χ3v) is 6.56. The number of carbonyl (C=O) groups is 2. The number of nitrogens with zero attached hydrogens (tertiary/aromatic N) is 2. The van der Waals surface area contributed by atoms with Crippen molar-refractivity contribution in [3.8, 4) is 0 Å². The number of sulfonamides is 1. The molecule has 0 aromatic heterocycles. The number of nitrogens with one attached hydrogen (secondary N) is 1. The van der Waals surface area contributed by atoms with Crippen LogP contribution in [0.3, 0.4) is 0 Å². The predicted molar refractivity (Wildman–Crippen MR) is 122 cm³/mol. The van der Waals surface area contributed by atoms with E-state index in [1.807, 2.05) is 29.2 Å². The summed E-state index contributed by atoms with van der Waals surface area (Å²) in [6.07, 6.45) is 2.47. The van der Waals surface area contributed by atoms with Gasteiger partial charge in [0.15, 0.2) is 0 Å². The van der Waals surface area contributed by atoms with E-state index in [-0.39, 0.29) is 23.2 Å². The van der Waals surface area contributed by atoms with Crippen LogP contribution in [-0.2, 0) is 32.7 Å². The van der Waals surface area contributed by atoms with Crippen molar-refractivity contribution in [1.29, 1.82) is 0 Å². The maximum atomic E-state index is 12.5. The molecular weight excluding hydrogens is 461 g/mol. The second-order valence-corrected chi connectivity index (χ2v) is 10.1. The van der Waals surface area contributed by atoms with E-state index in [1.165, 1.54) is 18.2 Å². The van der Waals surface area contributed by atoms with Crippen molar-refractivity contribution in [2.75, 3.05) is 23.7 Å². The van der Waals surface area contributed by atoms with Crippen LogP contribution in [-0.4, -0.2) is 44.5 Å². The van der Waals surface area contributed by atoms with Crippen molar-refractivity contribution in [2.24, 2.45) is 0 Å². The van der Waals surface area contributed by atoms with E-state index < -0.39 is 22.5 Å². The summed E-state index contributed by atoms with van der Waals surface area (Å²) >= 11 is 12.0. The van der Waals surface area contributed by atoms with Crippen LogP contribution in [0.4, 0.5) is 5.69 Å². The zero-order valence-electron chi connectivity index (χ0n) is 17.0. The highest BCUT2D eigenvalue weighted by molar-refractivity contribution is 7.92. The van der Waals surface area contributed by atoms with Crippen LogP contribution < -0.4 is 9.62 Å². The van der Waals surface area contributed by atoms with E-state index >= 15 is 0 Å². The number of rotatable bonds is 8. The summed E-state index contributed by atoms with van der Waals surface area (Å²) in [7, 11) is -3.75. The van der Waals surface area contributed by atoms with Crippen LogP contribution in [0.15, 0.2) is 42.5 Å². The lowest BCUT2D eigenvalue weighted by Crippen LogP contribution is -2.40. The summed E-state index contributed by atoms with van der Waals surface area (Å²) in [4.78, 5) is 26.1. The van der Waals surface area contributed by atoms with Gasteiger partial charge < -0.3 is 10.2 Å². The van der Waals surface area contributed by atoms with Crippen molar-refractivity contribution in [2.45, 2.75) is 25.9 Å². The zero-order chi connectivity index (χ0) is 22.6. The average Bonchev–Trinajstić information content (AvgIpc) is 3.09. The lowest BCUT2D eigenvalue weighted by atomic mass is 10.1. The van der Waals surface area contributed by atoms with Crippen molar-refractivity contribution in [3.63, 3.8) is 0 Å². The molecule has 1 aliphatic heterocycles. The first-order chi connectivity index (χ1) is 14.6. The molecule has 1 N–H and O–H groups in total. The Morgan fingerprint density at radius 3 is 2.55 bits per heavy atom. The highest BCUT2D eigenvalue weighted by Crippen LogP contribution is 2.30. The third-order valence-electron chi connectivity index (χ3n) is 4.89. The molecular formula is C21H23Cl2N3O4S. The molecule has 1 saturated heterocycles. The van der Waals surface area contributed by atoms with Crippen LogP contribution >= 0.6 is 23.2 Å². The maximum Gasteiger partial charge on any atom is 0.241 e. The van der Waals surface area contributed by atoms with Crippen LogP contribution in [0, 0.1) is 0 Å². The van der Waals surface area contributed by atoms with E-state index in [4.69, 9.17) is 23.2 Å². The number of hydrogen-bond donors (Lipinski definition) is 1. The number of carbonyl (C=O) groups excluding carboxylic acids is 2. The Bertz CT molecular complexity index is 1090. The minimum Gasteiger partial charge on any atom is -0.350 e. The summed E-state index contributed by atoms with van der Waals surface area (Å²) < 4.78 is 25.4. The van der Waals surface area contributed by atoms with E-state index in [0.717, 1.165) is 34.7 Å². The molecule has 0 unspecified atom stereocenters. The van der Waals surface area contributed by atoms with Gasteiger partial charge in [-0.05, 0) is 35.7 Å². The summed E-state index contributed by atoms with van der Waals surface area (Å²) in [5.41, 5.74) is 2.02. The largest absolute Gasteiger partial charge is 0.350 e. The van der Waals surface area contributed by atoms with Gasteiger partial charge in [0.1, 0.15) is 6.54 Å². The molecule has 2 aromatic carbocycles. The summed E-state index contributed by atoms with van der Waals surface area (Å²) in [5, 5.41) is 3.23. The van der Waals surface area contributed by atoms with Crippen LogP contribution in [0.25, 0.3) is 0 Å².